The average molecular weight is 358 g/mol. The maximum absolute atomic E-state index is 12.6. The summed E-state index contributed by atoms with van der Waals surface area (Å²) in [6.07, 6.45) is 0. The zero-order valence-corrected chi connectivity index (χ0v) is 15.3. The Morgan fingerprint density at radius 2 is 1.81 bits per heavy atom. The molecule has 138 valence electrons. The number of aryl methyl sites for hydroxylation is 2. The van der Waals surface area contributed by atoms with Gasteiger partial charge >= 0.3 is 0 Å². The second kappa shape index (κ2) is 8.33. The van der Waals surface area contributed by atoms with E-state index in [4.69, 9.17) is 9.47 Å². The third-order valence-electron chi connectivity index (χ3n) is 3.86. The van der Waals surface area contributed by atoms with E-state index in [1.165, 1.54) is 30.2 Å². The lowest BCUT2D eigenvalue weighted by Gasteiger charge is -2.19. The Bertz CT molecular complexity index is 799. The molecule has 26 heavy (non-hydrogen) atoms. The summed E-state index contributed by atoms with van der Waals surface area (Å²) in [6.45, 7) is 4.62. The summed E-state index contributed by atoms with van der Waals surface area (Å²) in [5.41, 5.74) is 2.20. The summed E-state index contributed by atoms with van der Waals surface area (Å²) in [5, 5.41) is 10.9. The van der Waals surface area contributed by atoms with E-state index in [1.54, 1.807) is 7.05 Å². The van der Waals surface area contributed by atoms with Gasteiger partial charge in [0.05, 0.1) is 24.1 Å². The SMILES string of the molecule is COc1ccc([N+](=O)[O-])cc1C(=O)N(C)CCOc1cc(C)cc(C)c1. The second-order valence-corrected chi connectivity index (χ2v) is 6.04. The van der Waals surface area contributed by atoms with Gasteiger partial charge in [0, 0.05) is 19.2 Å². The molecule has 0 aliphatic carbocycles. The fraction of sp³-hybridized carbons (Fsp3) is 0.316. The highest BCUT2D eigenvalue weighted by Crippen LogP contribution is 2.25. The molecule has 0 heterocycles. The lowest BCUT2D eigenvalue weighted by Crippen LogP contribution is -2.31. The third-order valence-corrected chi connectivity index (χ3v) is 3.86. The van der Waals surface area contributed by atoms with Crippen molar-refractivity contribution in [1.29, 1.82) is 0 Å². The minimum Gasteiger partial charge on any atom is -0.496 e. The molecule has 0 saturated heterocycles. The first-order valence-corrected chi connectivity index (χ1v) is 8.11. The van der Waals surface area contributed by atoms with Gasteiger partial charge < -0.3 is 14.4 Å². The number of carbonyl (C=O) groups is 1. The van der Waals surface area contributed by atoms with Crippen LogP contribution in [0, 0.1) is 24.0 Å². The van der Waals surface area contributed by atoms with Crippen molar-refractivity contribution in [2.24, 2.45) is 0 Å². The van der Waals surface area contributed by atoms with Crippen LogP contribution in [0.15, 0.2) is 36.4 Å². The Labute approximate surface area is 152 Å². The van der Waals surface area contributed by atoms with Crippen LogP contribution < -0.4 is 9.47 Å². The normalized spacial score (nSPS) is 10.3. The molecular weight excluding hydrogens is 336 g/mol. The van der Waals surface area contributed by atoms with Crippen molar-refractivity contribution in [3.8, 4) is 11.5 Å². The summed E-state index contributed by atoms with van der Waals surface area (Å²) < 4.78 is 10.9. The van der Waals surface area contributed by atoms with Crippen LogP contribution in [0.3, 0.4) is 0 Å². The van der Waals surface area contributed by atoms with E-state index in [9.17, 15) is 14.9 Å². The Hall–Kier alpha value is -3.09. The molecule has 0 unspecified atom stereocenters. The topological polar surface area (TPSA) is 81.9 Å². The zero-order chi connectivity index (χ0) is 19.3. The number of amides is 1. The summed E-state index contributed by atoms with van der Waals surface area (Å²) in [6, 6.07) is 9.86. The fourth-order valence-electron chi connectivity index (χ4n) is 2.60. The molecule has 2 aromatic carbocycles. The van der Waals surface area contributed by atoms with Gasteiger partial charge in [0.25, 0.3) is 11.6 Å². The largest absolute Gasteiger partial charge is 0.496 e. The van der Waals surface area contributed by atoms with Crippen molar-refractivity contribution in [3.63, 3.8) is 0 Å². The lowest BCUT2D eigenvalue weighted by atomic mass is 10.1. The predicted molar refractivity (Wildman–Crippen MR) is 98.0 cm³/mol. The van der Waals surface area contributed by atoms with Crippen LogP contribution >= 0.6 is 0 Å². The van der Waals surface area contributed by atoms with Crippen LogP contribution in [0.4, 0.5) is 5.69 Å². The number of nitrogens with zero attached hydrogens (tertiary/aromatic N) is 2. The summed E-state index contributed by atoms with van der Waals surface area (Å²) in [4.78, 5) is 24.5. The number of hydrogen-bond donors (Lipinski definition) is 0. The van der Waals surface area contributed by atoms with Crippen molar-refractivity contribution in [2.75, 3.05) is 27.3 Å². The van der Waals surface area contributed by atoms with Gasteiger partial charge in [-0.1, -0.05) is 6.07 Å². The summed E-state index contributed by atoms with van der Waals surface area (Å²) >= 11 is 0. The fourth-order valence-corrected chi connectivity index (χ4v) is 2.60. The number of carbonyl (C=O) groups excluding carboxylic acids is 1. The van der Waals surface area contributed by atoms with E-state index in [1.807, 2.05) is 26.0 Å². The molecule has 0 aliphatic heterocycles. The smallest absolute Gasteiger partial charge is 0.270 e. The van der Waals surface area contributed by atoms with Crippen LogP contribution in [-0.4, -0.2) is 43.0 Å². The van der Waals surface area contributed by atoms with E-state index in [0.29, 0.717) is 18.9 Å². The first-order valence-electron chi connectivity index (χ1n) is 8.11. The van der Waals surface area contributed by atoms with Crippen LogP contribution in [0.1, 0.15) is 21.5 Å². The molecule has 2 aromatic rings. The molecule has 7 heteroatoms. The van der Waals surface area contributed by atoms with E-state index in [0.717, 1.165) is 16.9 Å². The van der Waals surface area contributed by atoms with Gasteiger partial charge in [-0.05, 0) is 43.2 Å². The number of nitro groups is 1. The van der Waals surface area contributed by atoms with Crippen molar-refractivity contribution in [1.82, 2.24) is 4.90 Å². The average Bonchev–Trinajstić information content (AvgIpc) is 2.59. The molecule has 2 rings (SSSR count). The van der Waals surface area contributed by atoms with E-state index in [2.05, 4.69) is 6.07 Å². The molecule has 0 atom stereocenters. The monoisotopic (exact) mass is 358 g/mol. The van der Waals surface area contributed by atoms with Gasteiger partial charge in [-0.25, -0.2) is 0 Å². The molecular formula is C19H22N2O5. The van der Waals surface area contributed by atoms with E-state index < -0.39 is 4.92 Å². The Kier molecular flexibility index (Phi) is 6.16. The molecule has 0 spiro atoms. The van der Waals surface area contributed by atoms with Crippen molar-refractivity contribution < 1.29 is 19.2 Å². The first-order chi connectivity index (χ1) is 12.3. The number of hydrogen-bond acceptors (Lipinski definition) is 5. The molecule has 0 radical (unpaired) electrons. The maximum atomic E-state index is 12.6. The van der Waals surface area contributed by atoms with Crippen LogP contribution in [-0.2, 0) is 0 Å². The lowest BCUT2D eigenvalue weighted by molar-refractivity contribution is -0.384. The third kappa shape index (κ3) is 4.72. The Balaban J connectivity index is 2.05. The van der Waals surface area contributed by atoms with E-state index in [-0.39, 0.29) is 17.2 Å². The van der Waals surface area contributed by atoms with Gasteiger partial charge in [-0.15, -0.1) is 0 Å². The number of nitro benzene ring substituents is 1. The number of ether oxygens (including phenoxy) is 2. The minimum absolute atomic E-state index is 0.149. The quantitative estimate of drug-likeness (QED) is 0.560. The minimum atomic E-state index is -0.542. The molecule has 1 amide bonds. The highest BCUT2D eigenvalue weighted by atomic mass is 16.6. The summed E-state index contributed by atoms with van der Waals surface area (Å²) in [7, 11) is 3.03. The zero-order valence-electron chi connectivity index (χ0n) is 15.3. The Morgan fingerprint density at radius 3 is 2.38 bits per heavy atom. The number of rotatable bonds is 7. The summed E-state index contributed by atoms with van der Waals surface area (Å²) in [5.74, 6) is 0.675. The van der Waals surface area contributed by atoms with Gasteiger partial charge in [0.15, 0.2) is 0 Å². The first kappa shape index (κ1) is 19.2. The van der Waals surface area contributed by atoms with Crippen LogP contribution in [0.25, 0.3) is 0 Å². The van der Waals surface area contributed by atoms with Crippen molar-refractivity contribution in [2.45, 2.75) is 13.8 Å². The maximum Gasteiger partial charge on any atom is 0.270 e. The molecule has 0 fully saturated rings. The molecule has 0 aromatic heterocycles. The van der Waals surface area contributed by atoms with Crippen molar-refractivity contribution in [3.05, 3.63) is 63.2 Å². The second-order valence-electron chi connectivity index (χ2n) is 6.04. The molecule has 7 nitrogen and oxygen atoms in total. The van der Waals surface area contributed by atoms with Crippen LogP contribution in [0.5, 0.6) is 11.5 Å². The van der Waals surface area contributed by atoms with Gasteiger partial charge in [0.2, 0.25) is 0 Å². The number of likely N-dealkylation sites (N-methyl/N-ethyl adjacent to an activating group) is 1. The standard InChI is InChI=1S/C19H22N2O5/c1-13-9-14(2)11-16(10-13)26-8-7-20(3)19(22)17-12-15(21(23)24)5-6-18(17)25-4/h5-6,9-12H,7-8H2,1-4H3. The van der Waals surface area contributed by atoms with Gasteiger partial charge in [-0.3, -0.25) is 14.9 Å². The van der Waals surface area contributed by atoms with Gasteiger partial charge in [-0.2, -0.15) is 0 Å². The number of methoxy groups -OCH3 is 1. The molecule has 0 bridgehead atoms. The Morgan fingerprint density at radius 1 is 1.15 bits per heavy atom. The molecule has 0 N–H and O–H groups in total. The van der Waals surface area contributed by atoms with Crippen molar-refractivity contribution >= 4 is 11.6 Å². The highest BCUT2D eigenvalue weighted by molar-refractivity contribution is 5.97. The van der Waals surface area contributed by atoms with Crippen LogP contribution in [0.2, 0.25) is 0 Å². The number of benzene rings is 2. The predicted octanol–water partition coefficient (Wildman–Crippen LogP) is 3.37. The molecule has 0 aliphatic rings. The highest BCUT2D eigenvalue weighted by Gasteiger charge is 2.20. The number of non-ortho nitro benzene ring substituents is 1. The molecule has 0 saturated carbocycles. The van der Waals surface area contributed by atoms with E-state index >= 15 is 0 Å². The van der Waals surface area contributed by atoms with Gasteiger partial charge in [0.1, 0.15) is 18.1 Å².